The highest BCUT2D eigenvalue weighted by Crippen LogP contribution is 2.48. The third kappa shape index (κ3) is 9.70. The lowest BCUT2D eigenvalue weighted by Crippen LogP contribution is -2.11. The maximum Gasteiger partial charge on any atom is 0.0979 e. The zero-order valence-corrected chi connectivity index (χ0v) is 52.1. The highest BCUT2D eigenvalue weighted by Gasteiger charge is 2.24. The third-order valence-corrected chi connectivity index (χ3v) is 18.6. The maximum atomic E-state index is 5.73. The van der Waals surface area contributed by atoms with Crippen molar-refractivity contribution in [3.8, 4) is 11.3 Å². The molecule has 450 valence electrons. The normalized spacial score (nSPS) is 11.5. The minimum absolute atomic E-state index is 0.759. The average molecular weight is 1230 g/mol. The van der Waals surface area contributed by atoms with Crippen molar-refractivity contribution >= 4 is 155 Å². The van der Waals surface area contributed by atoms with Crippen LogP contribution in [0, 0.1) is 0 Å². The Morgan fingerprint density at radius 1 is 0.198 bits per heavy atom. The molecule has 2 aromatic heterocycles. The molecule has 0 aliphatic heterocycles. The second-order valence-corrected chi connectivity index (χ2v) is 24.2. The summed E-state index contributed by atoms with van der Waals surface area (Å²) in [7, 11) is 0. The van der Waals surface area contributed by atoms with Crippen LogP contribution >= 0.6 is 0 Å². The summed E-state index contributed by atoms with van der Waals surface area (Å²) >= 11 is 0. The zero-order chi connectivity index (χ0) is 63.5. The molecule has 0 fully saturated rings. The Morgan fingerprint density at radius 3 is 0.938 bits per heavy atom. The van der Waals surface area contributed by atoms with Crippen LogP contribution < -0.4 is 19.6 Å². The van der Waals surface area contributed by atoms with Crippen molar-refractivity contribution in [2.45, 2.75) is 0 Å². The lowest BCUT2D eigenvalue weighted by molar-refractivity contribution is 1.28. The predicted octanol–water partition coefficient (Wildman–Crippen LogP) is 24.0. The first-order valence-corrected chi connectivity index (χ1v) is 32.4. The molecule has 0 atom stereocenters. The van der Waals surface area contributed by atoms with Crippen molar-refractivity contribution in [2.75, 3.05) is 19.6 Å². The molecule has 0 amide bonds. The third-order valence-electron chi connectivity index (χ3n) is 18.6. The van der Waals surface area contributed by atoms with Crippen LogP contribution in [-0.4, -0.2) is 19.9 Å². The molecular weight excluding hydrogens is 1170 g/mol. The van der Waals surface area contributed by atoms with Crippen LogP contribution in [0.3, 0.4) is 0 Å². The Morgan fingerprint density at radius 2 is 0.510 bits per heavy atom. The molecule has 0 aliphatic carbocycles. The Bertz CT molecular complexity index is 5900. The highest BCUT2D eigenvalue weighted by atomic mass is 15.2. The summed E-state index contributed by atoms with van der Waals surface area (Å²) < 4.78 is 0. The van der Waals surface area contributed by atoms with Gasteiger partial charge < -0.3 is 19.6 Å². The van der Waals surface area contributed by atoms with Crippen LogP contribution in [0.25, 0.3) is 98.0 Å². The Hall–Kier alpha value is -13.0. The van der Waals surface area contributed by atoms with Crippen molar-refractivity contribution in [3.05, 3.63) is 352 Å². The molecule has 0 aliphatic rings. The molecule has 0 saturated heterocycles. The number of nitrogens with zero attached hydrogens (tertiary/aromatic N) is 8. The van der Waals surface area contributed by atoms with E-state index in [0.29, 0.717) is 0 Å². The van der Waals surface area contributed by atoms with E-state index in [-0.39, 0.29) is 0 Å². The number of para-hydroxylation sites is 5. The summed E-state index contributed by atoms with van der Waals surface area (Å²) in [5.74, 6) is 0. The van der Waals surface area contributed by atoms with Crippen molar-refractivity contribution in [1.29, 1.82) is 0 Å². The first-order valence-electron chi connectivity index (χ1n) is 32.4. The van der Waals surface area contributed by atoms with Crippen LogP contribution in [0.5, 0.6) is 0 Å². The van der Waals surface area contributed by atoms with E-state index in [1.807, 2.05) is 6.20 Å². The zero-order valence-electron chi connectivity index (χ0n) is 52.1. The van der Waals surface area contributed by atoms with Gasteiger partial charge in [-0.05, 0) is 166 Å². The fraction of sp³-hybridized carbons (Fsp3) is 0. The second kappa shape index (κ2) is 23.6. The van der Waals surface area contributed by atoms with Gasteiger partial charge in [-0.3, -0.25) is 15.0 Å². The van der Waals surface area contributed by atoms with Crippen LogP contribution in [0.15, 0.2) is 352 Å². The van der Waals surface area contributed by atoms with E-state index < -0.39 is 0 Å². The molecule has 0 saturated carbocycles. The van der Waals surface area contributed by atoms with Gasteiger partial charge in [-0.15, -0.1) is 0 Å². The number of hydrogen-bond acceptors (Lipinski definition) is 8. The van der Waals surface area contributed by atoms with Gasteiger partial charge in [-0.25, -0.2) is 4.98 Å². The Labute approximate surface area is 554 Å². The summed E-state index contributed by atoms with van der Waals surface area (Å²) in [5, 5.41) is 12.9. The van der Waals surface area contributed by atoms with Crippen molar-refractivity contribution in [3.63, 3.8) is 0 Å². The monoisotopic (exact) mass is 1230 g/mol. The quantitative estimate of drug-likeness (QED) is 0.106. The van der Waals surface area contributed by atoms with E-state index in [0.717, 1.165) is 161 Å². The molecule has 0 bridgehead atoms. The van der Waals surface area contributed by atoms with Gasteiger partial charge in [-0.2, -0.15) is 0 Å². The lowest BCUT2D eigenvalue weighted by atomic mass is 9.97. The van der Waals surface area contributed by atoms with Crippen LogP contribution in [-0.2, 0) is 0 Å². The second-order valence-electron chi connectivity index (χ2n) is 24.2. The number of rotatable bonds is 13. The van der Waals surface area contributed by atoms with Crippen molar-refractivity contribution in [1.82, 2.24) is 19.9 Å². The van der Waals surface area contributed by atoms with Gasteiger partial charge in [0.05, 0.1) is 45.3 Å². The largest absolute Gasteiger partial charge is 0.310 e. The van der Waals surface area contributed by atoms with E-state index in [1.165, 1.54) is 5.39 Å². The number of hydrogen-bond donors (Lipinski definition) is 0. The number of anilines is 12. The molecule has 16 aromatic carbocycles. The summed E-state index contributed by atoms with van der Waals surface area (Å²) in [4.78, 5) is 30.7. The minimum atomic E-state index is 0.759. The van der Waals surface area contributed by atoms with Crippen LogP contribution in [0.1, 0.15) is 0 Å². The molecule has 0 radical (unpaired) electrons. The minimum Gasteiger partial charge on any atom is -0.310 e. The molecule has 0 unspecified atom stereocenters. The smallest absolute Gasteiger partial charge is 0.0979 e. The maximum absolute atomic E-state index is 5.73. The van der Waals surface area contributed by atoms with Gasteiger partial charge in [0.1, 0.15) is 0 Å². The van der Waals surface area contributed by atoms with Gasteiger partial charge in [0, 0.05) is 107 Å². The molecule has 18 aromatic rings. The molecule has 8 heteroatoms. The van der Waals surface area contributed by atoms with Gasteiger partial charge in [-0.1, -0.05) is 200 Å². The van der Waals surface area contributed by atoms with Gasteiger partial charge in [0.2, 0.25) is 0 Å². The fourth-order valence-corrected chi connectivity index (χ4v) is 14.3. The highest BCUT2D eigenvalue weighted by molar-refractivity contribution is 6.26. The summed E-state index contributed by atoms with van der Waals surface area (Å²) in [6, 6.07) is 119. The molecule has 18 rings (SSSR count). The summed E-state index contributed by atoms with van der Waals surface area (Å²) in [6.45, 7) is 0. The van der Waals surface area contributed by atoms with E-state index in [4.69, 9.17) is 19.9 Å². The molecule has 8 nitrogen and oxygen atoms in total. The van der Waals surface area contributed by atoms with Crippen molar-refractivity contribution < 1.29 is 0 Å². The molecule has 0 spiro atoms. The predicted molar refractivity (Wildman–Crippen MR) is 402 cm³/mol. The number of aromatic nitrogens is 4. The topological polar surface area (TPSA) is 64.5 Å². The van der Waals surface area contributed by atoms with Gasteiger partial charge in [0.25, 0.3) is 0 Å². The SMILES string of the molecule is c1ccc(N(c2ccccc2)c2ccc3c(c2)c2cc(N(c4ccccc4)c4ccccc4)ccc2c2nc(-c4cccc(N(c5ccc6c(c5)c5cc(N(c7ccccc7)c7cccc8ccccc78)ccc5c5nccnc65)c5cccc6ccccc56)c4)cnc32)cc1. The summed E-state index contributed by atoms with van der Waals surface area (Å²) in [5.41, 5.74) is 17.5. The average Bonchev–Trinajstić information content (AvgIpc) is 0.736. The van der Waals surface area contributed by atoms with Crippen molar-refractivity contribution in [2.24, 2.45) is 0 Å². The van der Waals surface area contributed by atoms with E-state index in [2.05, 4.69) is 353 Å². The Balaban J connectivity index is 0.828. The molecule has 0 N–H and O–H groups in total. The number of benzene rings is 16. The van der Waals surface area contributed by atoms with E-state index in [1.54, 1.807) is 12.4 Å². The van der Waals surface area contributed by atoms with E-state index in [9.17, 15) is 0 Å². The van der Waals surface area contributed by atoms with Crippen LogP contribution in [0.4, 0.5) is 68.2 Å². The number of fused-ring (bicyclic) bond motifs is 14. The first-order chi connectivity index (χ1) is 47.6. The van der Waals surface area contributed by atoms with E-state index >= 15 is 0 Å². The molecule has 96 heavy (non-hydrogen) atoms. The standard InChI is InChI=1S/C88H58N8/c1-6-28-62(29-7-1)93(63-30-8-2-9-31-63)68-43-47-76-78(54-68)81-55-69(94(64-32-10-3-11-33-64)65-34-12-4-13-35-65)44-50-77(81)88-87(76)91-58-82(92-88)61-27-20-38-67(53-61)96(84-42-22-26-60-24-17-19-40-73(60)84)71-46-49-75-80(57-71)79-56-70(45-48-74(79)85-86(75)90-52-51-89-85)95(66-36-14-5-15-37-66)83-41-21-25-59-23-16-18-39-72(59)83/h1-58H. The summed E-state index contributed by atoms with van der Waals surface area (Å²) in [6.07, 6.45) is 5.55. The van der Waals surface area contributed by atoms with Crippen LogP contribution in [0.2, 0.25) is 0 Å². The molecular formula is C88H58N8. The fourth-order valence-electron chi connectivity index (χ4n) is 14.3. The first kappa shape index (κ1) is 55.8. The van der Waals surface area contributed by atoms with Gasteiger partial charge in [0.15, 0.2) is 0 Å². The molecule has 2 heterocycles. The lowest BCUT2D eigenvalue weighted by Gasteiger charge is -2.28. The Kier molecular flexibility index (Phi) is 13.7. The van der Waals surface area contributed by atoms with Gasteiger partial charge >= 0.3 is 0 Å².